The molecular weight excluding hydrogens is 376 g/mol. The van der Waals surface area contributed by atoms with Crippen LogP contribution in [0.3, 0.4) is 0 Å². The molecule has 2 heterocycles. The molecule has 1 amide bonds. The highest BCUT2D eigenvalue weighted by molar-refractivity contribution is 6.07. The zero-order valence-electron chi connectivity index (χ0n) is 17.5. The number of aromatic nitrogens is 1. The fraction of sp³-hybridized carbons (Fsp3) is 0.583. The van der Waals surface area contributed by atoms with Gasteiger partial charge in [-0.1, -0.05) is 31.0 Å². The maximum Gasteiger partial charge on any atom is 0.252 e. The number of aliphatic hydroxyl groups excluding tert-OH is 1. The number of carbonyl (C=O) groups is 1. The number of nitrogens with one attached hydrogen (secondary N) is 2. The normalized spacial score (nSPS) is 25.9. The lowest BCUT2D eigenvalue weighted by molar-refractivity contribution is 0.00992. The molecule has 1 aliphatic heterocycles. The van der Waals surface area contributed by atoms with Crippen LogP contribution in [0.2, 0.25) is 0 Å². The van der Waals surface area contributed by atoms with E-state index in [4.69, 9.17) is 4.98 Å². The summed E-state index contributed by atoms with van der Waals surface area (Å²) in [6, 6.07) is 10.8. The first kappa shape index (κ1) is 19.8. The maximum atomic E-state index is 12.8. The van der Waals surface area contributed by atoms with Gasteiger partial charge in [0.1, 0.15) is 5.82 Å². The summed E-state index contributed by atoms with van der Waals surface area (Å²) in [5, 5.41) is 18.0. The van der Waals surface area contributed by atoms with Gasteiger partial charge in [-0.15, -0.1) is 0 Å². The number of amides is 1. The van der Waals surface area contributed by atoms with Crippen molar-refractivity contribution in [3.8, 4) is 0 Å². The molecule has 2 aliphatic carbocycles. The van der Waals surface area contributed by atoms with E-state index in [0.717, 1.165) is 74.8 Å². The largest absolute Gasteiger partial charge is 0.391 e. The number of pyridine rings is 1. The minimum absolute atomic E-state index is 0.000236. The monoisotopic (exact) mass is 408 g/mol. The maximum absolute atomic E-state index is 12.8. The van der Waals surface area contributed by atoms with Crippen molar-refractivity contribution >= 4 is 22.6 Å². The summed E-state index contributed by atoms with van der Waals surface area (Å²) >= 11 is 0. The lowest BCUT2D eigenvalue weighted by Gasteiger charge is -2.41. The smallest absolute Gasteiger partial charge is 0.252 e. The van der Waals surface area contributed by atoms with Gasteiger partial charge >= 0.3 is 0 Å². The third-order valence-electron chi connectivity index (χ3n) is 6.92. The third kappa shape index (κ3) is 4.30. The summed E-state index contributed by atoms with van der Waals surface area (Å²) in [7, 11) is 0. The molecule has 1 saturated heterocycles. The van der Waals surface area contributed by atoms with E-state index in [1.54, 1.807) is 0 Å². The Labute approximate surface area is 178 Å². The van der Waals surface area contributed by atoms with Crippen molar-refractivity contribution in [1.29, 1.82) is 0 Å². The van der Waals surface area contributed by atoms with Crippen LogP contribution < -0.4 is 10.6 Å². The van der Waals surface area contributed by atoms with Gasteiger partial charge in [-0.05, 0) is 50.7 Å². The van der Waals surface area contributed by atoms with Gasteiger partial charge in [0.05, 0.1) is 17.2 Å². The molecule has 0 radical (unpaired) electrons. The Balaban J connectivity index is 1.28. The molecule has 0 bridgehead atoms. The topological polar surface area (TPSA) is 77.5 Å². The SMILES string of the molecule is O=C(NC1CC1)c1cc(NC2CCN(C3CCCCC3O)CC2)nc2ccccc12. The molecule has 1 aromatic carbocycles. The molecular formula is C24H32N4O2. The first-order valence-electron chi connectivity index (χ1n) is 11.6. The molecule has 6 heteroatoms. The highest BCUT2D eigenvalue weighted by Gasteiger charge is 2.31. The molecule has 6 nitrogen and oxygen atoms in total. The lowest BCUT2D eigenvalue weighted by Crippen LogP contribution is -2.50. The van der Waals surface area contributed by atoms with Gasteiger partial charge in [0.15, 0.2) is 0 Å². The van der Waals surface area contributed by atoms with Crippen molar-refractivity contribution in [2.24, 2.45) is 0 Å². The quantitative estimate of drug-likeness (QED) is 0.708. The standard InChI is InChI=1S/C24H32N4O2/c29-22-8-4-3-7-21(22)28-13-11-17(12-14-28)25-23-15-19(24(30)26-16-9-10-16)18-5-1-2-6-20(18)27-23/h1-2,5-6,15-17,21-22,29H,3-4,7-14H2,(H,25,27)(H,26,30). The van der Waals surface area contributed by atoms with Crippen LogP contribution in [0.25, 0.3) is 10.9 Å². The summed E-state index contributed by atoms with van der Waals surface area (Å²) in [5.41, 5.74) is 1.56. The number of para-hydroxylation sites is 1. The number of anilines is 1. The Hall–Kier alpha value is -2.18. The van der Waals surface area contributed by atoms with Crippen LogP contribution in [0.1, 0.15) is 61.7 Å². The zero-order valence-corrected chi connectivity index (χ0v) is 17.5. The summed E-state index contributed by atoms with van der Waals surface area (Å²) in [6.07, 6.45) is 8.48. The van der Waals surface area contributed by atoms with Crippen molar-refractivity contribution in [3.05, 3.63) is 35.9 Å². The number of rotatable bonds is 5. The molecule has 0 spiro atoms. The average Bonchev–Trinajstić information content (AvgIpc) is 3.58. The van der Waals surface area contributed by atoms with E-state index in [0.29, 0.717) is 23.7 Å². The predicted molar refractivity (Wildman–Crippen MR) is 119 cm³/mol. The number of fused-ring (bicyclic) bond motifs is 1. The second-order valence-corrected chi connectivity index (χ2v) is 9.19. The second-order valence-electron chi connectivity index (χ2n) is 9.19. The highest BCUT2D eigenvalue weighted by Crippen LogP contribution is 2.28. The Kier molecular flexibility index (Phi) is 5.61. The minimum Gasteiger partial charge on any atom is -0.391 e. The van der Waals surface area contributed by atoms with Crippen LogP contribution in [0, 0.1) is 0 Å². The summed E-state index contributed by atoms with van der Waals surface area (Å²) in [5.74, 6) is 0.783. The zero-order chi connectivity index (χ0) is 20.5. The van der Waals surface area contributed by atoms with E-state index in [1.165, 1.54) is 6.42 Å². The molecule has 2 aromatic rings. The number of hydrogen-bond acceptors (Lipinski definition) is 5. The van der Waals surface area contributed by atoms with E-state index in [-0.39, 0.29) is 12.0 Å². The Morgan fingerprint density at radius 2 is 1.77 bits per heavy atom. The van der Waals surface area contributed by atoms with Gasteiger partial charge in [-0.3, -0.25) is 9.69 Å². The molecule has 2 saturated carbocycles. The van der Waals surface area contributed by atoms with E-state index in [9.17, 15) is 9.90 Å². The molecule has 3 N–H and O–H groups in total. The van der Waals surface area contributed by atoms with Crippen molar-refractivity contribution in [3.63, 3.8) is 0 Å². The van der Waals surface area contributed by atoms with E-state index < -0.39 is 0 Å². The van der Waals surface area contributed by atoms with Crippen molar-refractivity contribution in [2.45, 2.75) is 75.6 Å². The summed E-state index contributed by atoms with van der Waals surface area (Å²) in [6.45, 7) is 2.00. The van der Waals surface area contributed by atoms with Crippen LogP contribution >= 0.6 is 0 Å². The fourth-order valence-electron chi connectivity index (χ4n) is 5.03. The van der Waals surface area contributed by atoms with Crippen molar-refractivity contribution in [1.82, 2.24) is 15.2 Å². The average molecular weight is 409 g/mol. The molecule has 3 aliphatic rings. The van der Waals surface area contributed by atoms with Gasteiger partial charge in [0, 0.05) is 36.6 Å². The van der Waals surface area contributed by atoms with E-state index >= 15 is 0 Å². The first-order valence-corrected chi connectivity index (χ1v) is 11.6. The van der Waals surface area contributed by atoms with Crippen LogP contribution in [0.5, 0.6) is 0 Å². The van der Waals surface area contributed by atoms with Crippen LogP contribution in [0.15, 0.2) is 30.3 Å². The molecule has 2 atom stereocenters. The van der Waals surface area contributed by atoms with E-state index in [2.05, 4.69) is 15.5 Å². The number of likely N-dealkylation sites (tertiary alicyclic amines) is 1. The minimum atomic E-state index is -0.169. The second kappa shape index (κ2) is 8.52. The van der Waals surface area contributed by atoms with Crippen LogP contribution in [-0.2, 0) is 0 Å². The van der Waals surface area contributed by atoms with E-state index in [1.807, 2.05) is 30.3 Å². The summed E-state index contributed by atoms with van der Waals surface area (Å²) in [4.78, 5) is 20.1. The third-order valence-corrected chi connectivity index (χ3v) is 6.92. The van der Waals surface area contributed by atoms with Crippen LogP contribution in [-0.4, -0.2) is 58.2 Å². The predicted octanol–water partition coefficient (Wildman–Crippen LogP) is 3.31. The number of hydrogen-bond donors (Lipinski definition) is 3. The number of carbonyl (C=O) groups excluding carboxylic acids is 1. The molecule has 30 heavy (non-hydrogen) atoms. The first-order chi connectivity index (χ1) is 14.7. The van der Waals surface area contributed by atoms with Gasteiger partial charge in [-0.25, -0.2) is 4.98 Å². The molecule has 160 valence electrons. The van der Waals surface area contributed by atoms with Crippen molar-refractivity contribution < 1.29 is 9.90 Å². The lowest BCUT2D eigenvalue weighted by atomic mass is 9.89. The molecule has 2 unspecified atom stereocenters. The molecule has 1 aromatic heterocycles. The number of aliphatic hydroxyl groups is 1. The Bertz CT molecular complexity index is 905. The summed E-state index contributed by atoms with van der Waals surface area (Å²) < 4.78 is 0. The molecule has 5 rings (SSSR count). The van der Waals surface area contributed by atoms with Gasteiger partial charge in [0.2, 0.25) is 0 Å². The van der Waals surface area contributed by atoms with Gasteiger partial charge in [-0.2, -0.15) is 0 Å². The fourth-order valence-corrected chi connectivity index (χ4v) is 5.03. The number of nitrogens with zero attached hydrogens (tertiary/aromatic N) is 2. The van der Waals surface area contributed by atoms with Gasteiger partial charge < -0.3 is 15.7 Å². The number of benzene rings is 1. The molecule has 3 fully saturated rings. The Morgan fingerprint density at radius 1 is 1.00 bits per heavy atom. The number of piperidine rings is 1. The van der Waals surface area contributed by atoms with Gasteiger partial charge in [0.25, 0.3) is 5.91 Å². The van der Waals surface area contributed by atoms with Crippen molar-refractivity contribution in [2.75, 3.05) is 18.4 Å². The highest BCUT2D eigenvalue weighted by atomic mass is 16.3. The Morgan fingerprint density at radius 3 is 2.53 bits per heavy atom. The van der Waals surface area contributed by atoms with Crippen LogP contribution in [0.4, 0.5) is 5.82 Å².